The number of H-pyrrole nitrogens is 1. The Morgan fingerprint density at radius 2 is 1.65 bits per heavy atom. The number of carboxylic acid groups (broad SMARTS) is 2. The Hall–Kier alpha value is -2.30. The van der Waals surface area contributed by atoms with E-state index in [2.05, 4.69) is 4.98 Å². The molecule has 0 atom stereocenters. The largest absolute Gasteiger partial charge is 0.481 e. The van der Waals surface area contributed by atoms with Crippen molar-refractivity contribution in [2.24, 2.45) is 0 Å². The topological polar surface area (TPSA) is 90.4 Å². The summed E-state index contributed by atoms with van der Waals surface area (Å²) >= 11 is 0. The summed E-state index contributed by atoms with van der Waals surface area (Å²) in [5.41, 5.74) is 1.90. The summed E-state index contributed by atoms with van der Waals surface area (Å²) in [5, 5.41) is 18.5. The summed E-state index contributed by atoms with van der Waals surface area (Å²) in [6.07, 6.45) is 1.40. The van der Waals surface area contributed by atoms with Crippen LogP contribution in [0, 0.1) is 0 Å². The van der Waals surface area contributed by atoms with Gasteiger partial charge in [0.1, 0.15) is 0 Å². The Bertz CT molecular complexity index is 535. The zero-order chi connectivity index (χ0) is 12.4. The first-order valence-corrected chi connectivity index (χ1v) is 5.09. The molecule has 2 aromatic rings. The number of carbonyl (C=O) groups is 2. The van der Waals surface area contributed by atoms with Gasteiger partial charge in [-0.2, -0.15) is 0 Å². The molecule has 3 N–H and O–H groups in total. The van der Waals surface area contributed by atoms with E-state index < -0.39 is 11.9 Å². The van der Waals surface area contributed by atoms with E-state index in [1.807, 2.05) is 6.07 Å². The Morgan fingerprint density at radius 3 is 2.24 bits per heavy atom. The number of carboxylic acids is 2. The third-order valence-corrected chi connectivity index (χ3v) is 2.56. The number of hydrogen-bond acceptors (Lipinski definition) is 2. The zero-order valence-electron chi connectivity index (χ0n) is 8.93. The van der Waals surface area contributed by atoms with Gasteiger partial charge in [-0.3, -0.25) is 9.59 Å². The molecule has 0 unspecified atom stereocenters. The van der Waals surface area contributed by atoms with E-state index >= 15 is 0 Å². The molecule has 1 heterocycles. The van der Waals surface area contributed by atoms with E-state index in [1.165, 1.54) is 0 Å². The molecule has 0 aliphatic carbocycles. The van der Waals surface area contributed by atoms with Crippen molar-refractivity contribution in [3.05, 3.63) is 35.5 Å². The SMILES string of the molecule is O=C(O)Cc1cc2cc[nH]c2cc1CC(=O)O. The van der Waals surface area contributed by atoms with Crippen LogP contribution >= 0.6 is 0 Å². The minimum Gasteiger partial charge on any atom is -0.481 e. The van der Waals surface area contributed by atoms with Gasteiger partial charge in [0.15, 0.2) is 0 Å². The van der Waals surface area contributed by atoms with Crippen LogP contribution in [0.5, 0.6) is 0 Å². The summed E-state index contributed by atoms with van der Waals surface area (Å²) in [6, 6.07) is 5.24. The molecule has 5 heteroatoms. The van der Waals surface area contributed by atoms with Gasteiger partial charge < -0.3 is 15.2 Å². The molecule has 0 aliphatic heterocycles. The molecule has 1 aromatic heterocycles. The number of benzene rings is 1. The maximum atomic E-state index is 10.7. The van der Waals surface area contributed by atoms with Crippen molar-refractivity contribution in [3.8, 4) is 0 Å². The van der Waals surface area contributed by atoms with Crippen LogP contribution in [0.3, 0.4) is 0 Å². The molecule has 0 bridgehead atoms. The van der Waals surface area contributed by atoms with Crippen LogP contribution in [0.15, 0.2) is 24.4 Å². The van der Waals surface area contributed by atoms with Crippen LogP contribution in [0.25, 0.3) is 10.9 Å². The van der Waals surface area contributed by atoms with Gasteiger partial charge in [0.25, 0.3) is 0 Å². The molecule has 0 saturated carbocycles. The smallest absolute Gasteiger partial charge is 0.307 e. The second kappa shape index (κ2) is 4.29. The lowest BCUT2D eigenvalue weighted by molar-refractivity contribution is -0.137. The predicted molar refractivity (Wildman–Crippen MR) is 61.0 cm³/mol. The molecule has 17 heavy (non-hydrogen) atoms. The van der Waals surface area contributed by atoms with Gasteiger partial charge in [-0.05, 0) is 34.7 Å². The molecule has 88 valence electrons. The molecule has 2 rings (SSSR count). The summed E-state index contributed by atoms with van der Waals surface area (Å²) < 4.78 is 0. The van der Waals surface area contributed by atoms with Crippen molar-refractivity contribution in [1.82, 2.24) is 4.98 Å². The Balaban J connectivity index is 2.50. The molecule has 0 amide bonds. The van der Waals surface area contributed by atoms with Gasteiger partial charge in [-0.1, -0.05) is 0 Å². The van der Waals surface area contributed by atoms with Gasteiger partial charge >= 0.3 is 11.9 Å². The van der Waals surface area contributed by atoms with Crippen LogP contribution in [-0.2, 0) is 22.4 Å². The van der Waals surface area contributed by atoms with Crippen molar-refractivity contribution in [3.63, 3.8) is 0 Å². The molecule has 1 aromatic carbocycles. The molecule has 0 aliphatic rings. The molecule has 0 spiro atoms. The minimum absolute atomic E-state index is 0.163. The zero-order valence-corrected chi connectivity index (χ0v) is 8.93. The molecular formula is C12H11NO4. The van der Waals surface area contributed by atoms with E-state index in [4.69, 9.17) is 10.2 Å². The standard InChI is InChI=1S/C12H11NO4/c14-11(15)5-8-3-7-1-2-13-10(7)4-9(8)6-12(16)17/h1-4,13H,5-6H2,(H,14,15)(H,16,17). The molecule has 0 saturated heterocycles. The van der Waals surface area contributed by atoms with Crippen LogP contribution in [-0.4, -0.2) is 27.1 Å². The number of rotatable bonds is 4. The summed E-state index contributed by atoms with van der Waals surface area (Å²) in [5.74, 6) is -1.94. The Labute approximate surface area is 96.7 Å². The van der Waals surface area contributed by atoms with E-state index in [-0.39, 0.29) is 12.8 Å². The Morgan fingerprint density at radius 1 is 1.06 bits per heavy atom. The highest BCUT2D eigenvalue weighted by atomic mass is 16.4. The average molecular weight is 233 g/mol. The highest BCUT2D eigenvalue weighted by Crippen LogP contribution is 2.20. The quantitative estimate of drug-likeness (QED) is 0.744. The van der Waals surface area contributed by atoms with Crippen molar-refractivity contribution in [1.29, 1.82) is 0 Å². The fourth-order valence-electron chi connectivity index (χ4n) is 1.85. The fraction of sp³-hybridized carbons (Fsp3) is 0.167. The molecule has 0 fully saturated rings. The number of fused-ring (bicyclic) bond motifs is 1. The summed E-state index contributed by atoms with van der Waals surface area (Å²) in [7, 11) is 0. The predicted octanol–water partition coefficient (Wildman–Crippen LogP) is 1.42. The lowest BCUT2D eigenvalue weighted by Gasteiger charge is -2.06. The van der Waals surface area contributed by atoms with Gasteiger partial charge in [0.2, 0.25) is 0 Å². The first-order valence-electron chi connectivity index (χ1n) is 5.09. The third kappa shape index (κ3) is 2.44. The number of aromatic nitrogens is 1. The normalized spacial score (nSPS) is 10.6. The van der Waals surface area contributed by atoms with Crippen LogP contribution in [0.1, 0.15) is 11.1 Å². The number of aliphatic carboxylic acids is 2. The van der Waals surface area contributed by atoms with Crippen molar-refractivity contribution < 1.29 is 19.8 Å². The summed E-state index contributed by atoms with van der Waals surface area (Å²) in [4.78, 5) is 24.4. The van der Waals surface area contributed by atoms with E-state index in [9.17, 15) is 9.59 Å². The van der Waals surface area contributed by atoms with Crippen molar-refractivity contribution in [2.45, 2.75) is 12.8 Å². The first kappa shape index (κ1) is 11.2. The van der Waals surface area contributed by atoms with Gasteiger partial charge in [0.05, 0.1) is 12.8 Å². The second-order valence-corrected chi connectivity index (χ2v) is 3.83. The Kier molecular flexibility index (Phi) is 2.82. The van der Waals surface area contributed by atoms with E-state index in [0.29, 0.717) is 11.1 Å². The van der Waals surface area contributed by atoms with Crippen LogP contribution < -0.4 is 0 Å². The maximum Gasteiger partial charge on any atom is 0.307 e. The van der Waals surface area contributed by atoms with Crippen molar-refractivity contribution in [2.75, 3.05) is 0 Å². The summed E-state index contributed by atoms with van der Waals surface area (Å²) in [6.45, 7) is 0. The van der Waals surface area contributed by atoms with Gasteiger partial charge in [-0.15, -0.1) is 0 Å². The van der Waals surface area contributed by atoms with E-state index in [1.54, 1.807) is 18.3 Å². The van der Waals surface area contributed by atoms with Gasteiger partial charge in [0, 0.05) is 11.7 Å². The van der Waals surface area contributed by atoms with Crippen LogP contribution in [0.4, 0.5) is 0 Å². The number of nitrogens with one attached hydrogen (secondary N) is 1. The van der Waals surface area contributed by atoms with E-state index in [0.717, 1.165) is 10.9 Å². The fourth-order valence-corrected chi connectivity index (χ4v) is 1.85. The maximum absolute atomic E-state index is 10.7. The molecular weight excluding hydrogens is 222 g/mol. The highest BCUT2D eigenvalue weighted by molar-refractivity contribution is 5.84. The van der Waals surface area contributed by atoms with Gasteiger partial charge in [-0.25, -0.2) is 0 Å². The highest BCUT2D eigenvalue weighted by Gasteiger charge is 2.11. The third-order valence-electron chi connectivity index (χ3n) is 2.56. The molecule has 0 radical (unpaired) electrons. The van der Waals surface area contributed by atoms with Crippen LogP contribution in [0.2, 0.25) is 0 Å². The minimum atomic E-state index is -0.970. The average Bonchev–Trinajstić information content (AvgIpc) is 2.63. The molecule has 5 nitrogen and oxygen atoms in total. The lowest BCUT2D eigenvalue weighted by Crippen LogP contribution is -2.07. The van der Waals surface area contributed by atoms with Crippen molar-refractivity contribution >= 4 is 22.8 Å². The lowest BCUT2D eigenvalue weighted by atomic mass is 10.00. The first-order chi connectivity index (χ1) is 8.06. The monoisotopic (exact) mass is 233 g/mol. The number of hydrogen-bond donors (Lipinski definition) is 3. The second-order valence-electron chi connectivity index (χ2n) is 3.83. The number of aromatic amines is 1.